The highest BCUT2D eigenvalue weighted by Crippen LogP contribution is 2.16. The molecule has 3 heteroatoms. The summed E-state index contributed by atoms with van der Waals surface area (Å²) in [6.07, 6.45) is 7.28. The SMILES string of the molecule is NCCCCNC1CCCC(N)C1. The van der Waals surface area contributed by atoms with Crippen molar-refractivity contribution in [2.24, 2.45) is 11.5 Å². The van der Waals surface area contributed by atoms with Gasteiger partial charge in [0, 0.05) is 12.1 Å². The van der Waals surface area contributed by atoms with Crippen molar-refractivity contribution in [1.82, 2.24) is 5.32 Å². The van der Waals surface area contributed by atoms with Crippen LogP contribution >= 0.6 is 0 Å². The lowest BCUT2D eigenvalue weighted by molar-refractivity contribution is 0.338. The van der Waals surface area contributed by atoms with E-state index < -0.39 is 0 Å². The zero-order chi connectivity index (χ0) is 9.52. The van der Waals surface area contributed by atoms with Crippen molar-refractivity contribution < 1.29 is 0 Å². The molecule has 78 valence electrons. The highest BCUT2D eigenvalue weighted by atomic mass is 14.9. The molecular weight excluding hydrogens is 162 g/mol. The van der Waals surface area contributed by atoms with Crippen LogP contribution in [0.1, 0.15) is 38.5 Å². The van der Waals surface area contributed by atoms with E-state index in [1.54, 1.807) is 0 Å². The Morgan fingerprint density at radius 3 is 2.77 bits per heavy atom. The molecule has 2 atom stereocenters. The molecule has 0 aromatic carbocycles. The molecular formula is C10H23N3. The molecule has 1 aliphatic rings. The van der Waals surface area contributed by atoms with Gasteiger partial charge in [-0.25, -0.2) is 0 Å². The normalized spacial score (nSPS) is 29.1. The molecule has 0 amide bonds. The molecule has 5 N–H and O–H groups in total. The lowest BCUT2D eigenvalue weighted by Gasteiger charge is -2.27. The van der Waals surface area contributed by atoms with E-state index in [1.807, 2.05) is 0 Å². The molecule has 2 unspecified atom stereocenters. The number of hydrogen-bond acceptors (Lipinski definition) is 3. The summed E-state index contributed by atoms with van der Waals surface area (Å²) in [6, 6.07) is 1.10. The summed E-state index contributed by atoms with van der Waals surface area (Å²) in [5.41, 5.74) is 11.3. The molecule has 1 fully saturated rings. The van der Waals surface area contributed by atoms with E-state index in [0.29, 0.717) is 12.1 Å². The Balaban J connectivity index is 2.00. The highest BCUT2D eigenvalue weighted by Gasteiger charge is 2.17. The van der Waals surface area contributed by atoms with Gasteiger partial charge in [-0.15, -0.1) is 0 Å². The van der Waals surface area contributed by atoms with Crippen LogP contribution in [0.3, 0.4) is 0 Å². The van der Waals surface area contributed by atoms with Crippen LogP contribution in [0.25, 0.3) is 0 Å². The van der Waals surface area contributed by atoms with Crippen LogP contribution in [0.4, 0.5) is 0 Å². The van der Waals surface area contributed by atoms with Crippen molar-refractivity contribution in [3.05, 3.63) is 0 Å². The van der Waals surface area contributed by atoms with Crippen LogP contribution in [0, 0.1) is 0 Å². The van der Waals surface area contributed by atoms with Crippen LogP contribution in [0.15, 0.2) is 0 Å². The first kappa shape index (κ1) is 11.0. The molecule has 0 heterocycles. The summed E-state index contributed by atoms with van der Waals surface area (Å²) < 4.78 is 0. The van der Waals surface area contributed by atoms with Gasteiger partial charge in [-0.05, 0) is 45.2 Å². The van der Waals surface area contributed by atoms with E-state index in [0.717, 1.165) is 25.9 Å². The Morgan fingerprint density at radius 1 is 1.23 bits per heavy atom. The van der Waals surface area contributed by atoms with Crippen molar-refractivity contribution in [2.75, 3.05) is 13.1 Å². The number of nitrogens with two attached hydrogens (primary N) is 2. The van der Waals surface area contributed by atoms with Crippen molar-refractivity contribution in [1.29, 1.82) is 0 Å². The number of unbranched alkanes of at least 4 members (excludes halogenated alkanes) is 1. The summed E-state index contributed by atoms with van der Waals surface area (Å²) in [7, 11) is 0. The maximum absolute atomic E-state index is 5.90. The van der Waals surface area contributed by atoms with Crippen molar-refractivity contribution in [3.8, 4) is 0 Å². The van der Waals surface area contributed by atoms with Crippen LogP contribution in [0.5, 0.6) is 0 Å². The average molecular weight is 185 g/mol. The van der Waals surface area contributed by atoms with Gasteiger partial charge in [0.05, 0.1) is 0 Å². The second-order valence-electron chi connectivity index (χ2n) is 4.07. The standard InChI is InChI=1S/C10H23N3/c11-6-1-2-7-13-10-5-3-4-9(12)8-10/h9-10,13H,1-8,11-12H2. The van der Waals surface area contributed by atoms with Gasteiger partial charge in [-0.3, -0.25) is 0 Å². The van der Waals surface area contributed by atoms with Crippen molar-refractivity contribution in [3.63, 3.8) is 0 Å². The third-order valence-corrected chi connectivity index (χ3v) is 2.78. The second kappa shape index (κ2) is 6.35. The van der Waals surface area contributed by atoms with Gasteiger partial charge in [0.2, 0.25) is 0 Å². The van der Waals surface area contributed by atoms with Gasteiger partial charge in [0.25, 0.3) is 0 Å². The quantitative estimate of drug-likeness (QED) is 0.549. The fourth-order valence-electron chi connectivity index (χ4n) is 1.99. The lowest BCUT2D eigenvalue weighted by atomic mass is 9.91. The van der Waals surface area contributed by atoms with Gasteiger partial charge in [-0.2, -0.15) is 0 Å². The van der Waals surface area contributed by atoms with Crippen LogP contribution in [-0.2, 0) is 0 Å². The van der Waals surface area contributed by atoms with Gasteiger partial charge >= 0.3 is 0 Å². The summed E-state index contributed by atoms with van der Waals surface area (Å²) in [5.74, 6) is 0. The number of rotatable bonds is 5. The topological polar surface area (TPSA) is 64.1 Å². The predicted molar refractivity (Wildman–Crippen MR) is 56.5 cm³/mol. The Kier molecular flexibility index (Phi) is 5.35. The molecule has 0 spiro atoms. The van der Waals surface area contributed by atoms with E-state index in [9.17, 15) is 0 Å². The first-order valence-electron chi connectivity index (χ1n) is 5.52. The molecule has 0 aliphatic heterocycles. The molecule has 1 saturated carbocycles. The van der Waals surface area contributed by atoms with Crippen LogP contribution in [-0.4, -0.2) is 25.2 Å². The minimum absolute atomic E-state index is 0.431. The Labute approximate surface area is 81.2 Å². The molecule has 1 rings (SSSR count). The largest absolute Gasteiger partial charge is 0.330 e. The first-order valence-corrected chi connectivity index (χ1v) is 5.52. The molecule has 0 saturated heterocycles. The fourth-order valence-corrected chi connectivity index (χ4v) is 1.99. The molecule has 0 radical (unpaired) electrons. The fraction of sp³-hybridized carbons (Fsp3) is 1.00. The van der Waals surface area contributed by atoms with Crippen LogP contribution in [0.2, 0.25) is 0 Å². The van der Waals surface area contributed by atoms with Gasteiger partial charge in [0.15, 0.2) is 0 Å². The second-order valence-corrected chi connectivity index (χ2v) is 4.07. The zero-order valence-electron chi connectivity index (χ0n) is 8.47. The van der Waals surface area contributed by atoms with E-state index >= 15 is 0 Å². The Hall–Kier alpha value is -0.120. The summed E-state index contributed by atoms with van der Waals surface area (Å²) in [4.78, 5) is 0. The van der Waals surface area contributed by atoms with Gasteiger partial charge in [0.1, 0.15) is 0 Å². The molecule has 13 heavy (non-hydrogen) atoms. The minimum atomic E-state index is 0.431. The summed E-state index contributed by atoms with van der Waals surface area (Å²) in [6.45, 7) is 1.92. The lowest BCUT2D eigenvalue weighted by Crippen LogP contribution is -2.39. The zero-order valence-corrected chi connectivity index (χ0v) is 8.47. The number of hydrogen-bond donors (Lipinski definition) is 3. The third-order valence-electron chi connectivity index (χ3n) is 2.78. The molecule has 1 aliphatic carbocycles. The molecule has 0 aromatic rings. The van der Waals surface area contributed by atoms with Gasteiger partial charge in [-0.1, -0.05) is 6.42 Å². The average Bonchev–Trinajstić information content (AvgIpc) is 2.13. The van der Waals surface area contributed by atoms with E-state index in [2.05, 4.69) is 5.32 Å². The minimum Gasteiger partial charge on any atom is -0.330 e. The van der Waals surface area contributed by atoms with Gasteiger partial charge < -0.3 is 16.8 Å². The van der Waals surface area contributed by atoms with E-state index in [-0.39, 0.29) is 0 Å². The van der Waals surface area contributed by atoms with Crippen LogP contribution < -0.4 is 16.8 Å². The monoisotopic (exact) mass is 185 g/mol. The smallest absolute Gasteiger partial charge is 0.00818 e. The predicted octanol–water partition coefficient (Wildman–Crippen LogP) is 0.585. The maximum atomic E-state index is 5.90. The third kappa shape index (κ3) is 4.60. The van der Waals surface area contributed by atoms with E-state index in [1.165, 1.54) is 25.7 Å². The molecule has 0 aromatic heterocycles. The highest BCUT2D eigenvalue weighted by molar-refractivity contribution is 4.79. The summed E-state index contributed by atoms with van der Waals surface area (Å²) >= 11 is 0. The van der Waals surface area contributed by atoms with E-state index in [4.69, 9.17) is 11.5 Å². The number of nitrogens with one attached hydrogen (secondary N) is 1. The Bertz CT molecular complexity index is 127. The molecule has 0 bridgehead atoms. The Morgan fingerprint density at radius 2 is 2.08 bits per heavy atom. The first-order chi connectivity index (χ1) is 6.33. The summed E-state index contributed by atoms with van der Waals surface area (Å²) in [5, 5.41) is 3.55. The van der Waals surface area contributed by atoms with Crippen molar-refractivity contribution >= 4 is 0 Å². The van der Waals surface area contributed by atoms with Crippen molar-refractivity contribution in [2.45, 2.75) is 50.6 Å². The molecule has 3 nitrogen and oxygen atoms in total. The maximum Gasteiger partial charge on any atom is 0.00818 e.